The average molecular weight is 466 g/mol. The van der Waals surface area contributed by atoms with Crippen molar-refractivity contribution in [3.05, 3.63) is 65.7 Å². The molecular weight excluding hydrogens is 444 g/mol. The molecule has 1 aliphatic rings. The molecule has 6 nitrogen and oxygen atoms in total. The van der Waals surface area contributed by atoms with Gasteiger partial charge in [0.05, 0.1) is 0 Å². The van der Waals surface area contributed by atoms with Gasteiger partial charge in [-0.25, -0.2) is 0 Å². The molecule has 0 bridgehead atoms. The van der Waals surface area contributed by atoms with E-state index in [4.69, 9.17) is 0 Å². The molecule has 2 aromatic rings. The molecule has 1 saturated heterocycles. The van der Waals surface area contributed by atoms with Gasteiger partial charge in [0, 0.05) is 42.4 Å². The first-order valence-corrected chi connectivity index (χ1v) is 10.2. The number of likely N-dealkylation sites (tertiary alicyclic amines) is 1. The van der Waals surface area contributed by atoms with E-state index in [0.717, 1.165) is 12.1 Å². The normalized spacial score (nSPS) is 14.7. The van der Waals surface area contributed by atoms with Crippen molar-refractivity contribution in [3.63, 3.8) is 0 Å². The van der Waals surface area contributed by atoms with Gasteiger partial charge in [0.25, 0.3) is 5.91 Å². The molecule has 3 rings (SSSR count). The molecule has 10 heteroatoms. The molecule has 176 valence electrons. The number of carbonyl (C=O) groups is 2. The van der Waals surface area contributed by atoms with E-state index in [1.807, 2.05) is 6.07 Å². The van der Waals surface area contributed by atoms with Crippen LogP contribution in [0.4, 0.5) is 17.6 Å². The largest absolute Gasteiger partial charge is 0.435 e. The number of amides is 2. The number of halogens is 4. The number of benzene rings is 2. The van der Waals surface area contributed by atoms with Crippen LogP contribution >= 0.6 is 0 Å². The number of rotatable bonds is 8. The Morgan fingerprint density at radius 2 is 1.64 bits per heavy atom. The molecule has 1 fully saturated rings. The second kappa shape index (κ2) is 11.3. The summed E-state index contributed by atoms with van der Waals surface area (Å²) in [7, 11) is 0. The van der Waals surface area contributed by atoms with E-state index < -0.39 is 19.0 Å². The summed E-state index contributed by atoms with van der Waals surface area (Å²) < 4.78 is 58.6. The van der Waals surface area contributed by atoms with Crippen molar-refractivity contribution >= 4 is 17.9 Å². The number of piperidine rings is 1. The van der Waals surface area contributed by atoms with E-state index in [0.29, 0.717) is 31.5 Å². The van der Waals surface area contributed by atoms with Crippen LogP contribution in [0.2, 0.25) is 0 Å². The Hall–Kier alpha value is -3.56. The van der Waals surface area contributed by atoms with Crippen LogP contribution in [-0.4, -0.2) is 49.1 Å². The van der Waals surface area contributed by atoms with Gasteiger partial charge in [-0.2, -0.15) is 17.6 Å². The lowest BCUT2D eigenvalue weighted by atomic mass is 10.0. The highest BCUT2D eigenvalue weighted by Gasteiger charge is 2.23. The average Bonchev–Trinajstić information content (AvgIpc) is 2.78. The van der Waals surface area contributed by atoms with E-state index in [-0.39, 0.29) is 29.2 Å². The maximum Gasteiger partial charge on any atom is 0.387 e. The Morgan fingerprint density at radius 1 is 0.970 bits per heavy atom. The van der Waals surface area contributed by atoms with Crippen molar-refractivity contribution in [2.45, 2.75) is 32.1 Å². The lowest BCUT2D eigenvalue weighted by Crippen LogP contribution is -2.46. The first kappa shape index (κ1) is 24.1. The van der Waals surface area contributed by atoms with Gasteiger partial charge in [-0.15, -0.1) is 0 Å². The quantitative estimate of drug-likeness (QED) is 0.465. The molecule has 0 spiro atoms. The van der Waals surface area contributed by atoms with Gasteiger partial charge in [-0.3, -0.25) is 9.59 Å². The maximum absolute atomic E-state index is 12.7. The zero-order chi connectivity index (χ0) is 23.8. The van der Waals surface area contributed by atoms with Gasteiger partial charge in [0.1, 0.15) is 11.5 Å². The SMILES string of the molecule is O=C(NC1CCN(C(=O)/C=C/c2ccc(OC(F)F)cc2OC(F)F)CC1)c1ccccc1. The number of hydrogen-bond donors (Lipinski definition) is 1. The zero-order valence-electron chi connectivity index (χ0n) is 17.4. The smallest absolute Gasteiger partial charge is 0.387 e. The van der Waals surface area contributed by atoms with Crippen molar-refractivity contribution in [1.82, 2.24) is 10.2 Å². The van der Waals surface area contributed by atoms with Crippen molar-refractivity contribution < 1.29 is 36.6 Å². The Morgan fingerprint density at radius 3 is 2.27 bits per heavy atom. The van der Waals surface area contributed by atoms with Crippen LogP contribution in [0.5, 0.6) is 11.5 Å². The molecule has 33 heavy (non-hydrogen) atoms. The molecule has 2 aromatic carbocycles. The molecular formula is C23H22F4N2O4. The molecule has 1 heterocycles. The van der Waals surface area contributed by atoms with E-state index >= 15 is 0 Å². The summed E-state index contributed by atoms with van der Waals surface area (Å²) in [5.41, 5.74) is 0.668. The van der Waals surface area contributed by atoms with Crippen molar-refractivity contribution in [2.75, 3.05) is 13.1 Å². The van der Waals surface area contributed by atoms with Gasteiger partial charge in [0.15, 0.2) is 0 Å². The Kier molecular flexibility index (Phi) is 8.28. The minimum Gasteiger partial charge on any atom is -0.435 e. The Bertz CT molecular complexity index is 978. The predicted molar refractivity (Wildman–Crippen MR) is 112 cm³/mol. The van der Waals surface area contributed by atoms with Gasteiger partial charge in [-0.05, 0) is 43.2 Å². The number of nitrogens with zero attached hydrogens (tertiary/aromatic N) is 1. The molecule has 0 unspecified atom stereocenters. The highest BCUT2D eigenvalue weighted by molar-refractivity contribution is 5.94. The van der Waals surface area contributed by atoms with Gasteiger partial charge in [-0.1, -0.05) is 18.2 Å². The standard InChI is InChI=1S/C23H22F4N2O4/c24-22(25)32-18-8-6-15(19(14-18)33-23(26)27)7-9-20(30)29-12-10-17(11-13-29)28-21(31)16-4-2-1-3-5-16/h1-9,14,17,22-23H,10-13H2,(H,28,31)/b9-7+. The first-order valence-electron chi connectivity index (χ1n) is 10.2. The Balaban J connectivity index is 1.57. The molecule has 2 amide bonds. The number of hydrogen-bond acceptors (Lipinski definition) is 4. The van der Waals surface area contributed by atoms with Crippen molar-refractivity contribution in [1.29, 1.82) is 0 Å². The van der Waals surface area contributed by atoms with E-state index in [9.17, 15) is 27.2 Å². The van der Waals surface area contributed by atoms with Crippen molar-refractivity contribution in [2.24, 2.45) is 0 Å². The first-order chi connectivity index (χ1) is 15.8. The molecule has 1 aliphatic heterocycles. The summed E-state index contributed by atoms with van der Waals surface area (Å²) in [4.78, 5) is 26.3. The van der Waals surface area contributed by atoms with Gasteiger partial charge < -0.3 is 19.7 Å². The molecule has 0 radical (unpaired) electrons. The molecule has 1 N–H and O–H groups in total. The van der Waals surface area contributed by atoms with Crippen LogP contribution in [0.25, 0.3) is 6.08 Å². The number of alkyl halides is 4. The summed E-state index contributed by atoms with van der Waals surface area (Å²) >= 11 is 0. The van der Waals surface area contributed by atoms with Crippen LogP contribution in [0.15, 0.2) is 54.6 Å². The molecule has 0 atom stereocenters. The molecule has 0 aromatic heterocycles. The van der Waals surface area contributed by atoms with Crippen LogP contribution < -0.4 is 14.8 Å². The molecule has 0 aliphatic carbocycles. The highest BCUT2D eigenvalue weighted by Crippen LogP contribution is 2.28. The number of ether oxygens (including phenoxy) is 2. The van der Waals surface area contributed by atoms with Crippen LogP contribution in [-0.2, 0) is 4.79 Å². The van der Waals surface area contributed by atoms with Crippen molar-refractivity contribution in [3.8, 4) is 11.5 Å². The fourth-order valence-corrected chi connectivity index (χ4v) is 3.40. The number of nitrogens with one attached hydrogen (secondary N) is 1. The van der Waals surface area contributed by atoms with E-state index in [2.05, 4.69) is 14.8 Å². The second-order valence-corrected chi connectivity index (χ2v) is 7.23. The highest BCUT2D eigenvalue weighted by atomic mass is 19.3. The minimum atomic E-state index is -3.18. The summed E-state index contributed by atoms with van der Waals surface area (Å²) in [5.74, 6) is -1.26. The number of carbonyl (C=O) groups excluding carboxylic acids is 2. The third-order valence-corrected chi connectivity index (χ3v) is 5.01. The monoisotopic (exact) mass is 466 g/mol. The van der Waals surface area contributed by atoms with Gasteiger partial charge >= 0.3 is 13.2 Å². The minimum absolute atomic E-state index is 0.0702. The summed E-state index contributed by atoms with van der Waals surface area (Å²) in [6, 6.07) is 12.1. The van der Waals surface area contributed by atoms with Crippen LogP contribution in [0.1, 0.15) is 28.8 Å². The van der Waals surface area contributed by atoms with Crippen LogP contribution in [0, 0.1) is 0 Å². The van der Waals surface area contributed by atoms with Crippen LogP contribution in [0.3, 0.4) is 0 Å². The maximum atomic E-state index is 12.7. The predicted octanol–water partition coefficient (Wildman–Crippen LogP) is 4.32. The third kappa shape index (κ3) is 7.23. The zero-order valence-corrected chi connectivity index (χ0v) is 17.4. The van der Waals surface area contributed by atoms with E-state index in [1.54, 1.807) is 29.2 Å². The summed E-state index contributed by atoms with van der Waals surface area (Å²) in [6.45, 7) is -5.48. The summed E-state index contributed by atoms with van der Waals surface area (Å²) in [6.07, 6.45) is 3.61. The summed E-state index contributed by atoms with van der Waals surface area (Å²) in [5, 5.41) is 2.95. The second-order valence-electron chi connectivity index (χ2n) is 7.23. The fraction of sp³-hybridized carbons (Fsp3) is 0.304. The van der Waals surface area contributed by atoms with E-state index in [1.165, 1.54) is 18.2 Å². The Labute approximate surface area is 187 Å². The lowest BCUT2D eigenvalue weighted by molar-refractivity contribution is -0.127. The molecule has 0 saturated carbocycles. The van der Waals surface area contributed by atoms with Gasteiger partial charge in [0.2, 0.25) is 5.91 Å². The third-order valence-electron chi connectivity index (χ3n) is 5.01. The topological polar surface area (TPSA) is 67.9 Å². The lowest BCUT2D eigenvalue weighted by Gasteiger charge is -2.31. The fourth-order valence-electron chi connectivity index (χ4n) is 3.40.